The number of carbonyl (C=O) groups is 2. The lowest BCUT2D eigenvalue weighted by Crippen LogP contribution is -2.50. The average Bonchev–Trinajstić information content (AvgIpc) is 3.40. The maximum Gasteiger partial charge on any atom is 0.253 e. The Balaban J connectivity index is 1.40. The molecule has 1 saturated carbocycles. The highest BCUT2D eigenvalue weighted by molar-refractivity contribution is 6.01. The van der Waals surface area contributed by atoms with Crippen molar-refractivity contribution in [1.82, 2.24) is 25.7 Å². The molecule has 0 bridgehead atoms. The number of nitrogens with one attached hydrogen (secondary N) is 2. The predicted molar refractivity (Wildman–Crippen MR) is 180 cm³/mol. The first-order valence-corrected chi connectivity index (χ1v) is 17.0. The van der Waals surface area contributed by atoms with Gasteiger partial charge in [-0.15, -0.1) is 0 Å². The van der Waals surface area contributed by atoms with Gasteiger partial charge in [-0.25, -0.2) is 13.8 Å². The number of oxazole rings is 1. The Bertz CT molecular complexity index is 1690. The molecule has 3 N–H and O–H groups in total. The molecule has 4 aromatic rings. The van der Waals surface area contributed by atoms with Crippen LogP contribution in [0.3, 0.4) is 0 Å². The number of amides is 2. The minimum atomic E-state index is -1.17. The molecule has 5 rings (SSSR count). The summed E-state index contributed by atoms with van der Waals surface area (Å²) in [7, 11) is 0. The molecule has 2 amide bonds. The standard InChI is InChI=1S/C37H45F2N5O5/c1-5-10-44(11-6-2)36(47)27-18-25(17-26(19-27)35-40-9-12-48-35)34(46)42-31(16-24-14-28(38)20-29(39)15-24)32(45)22-41-37(7-8-37)33-21-30(43-49-33)13-23(3)4/h9,12,14-15,17-21,23,31-32,41,45H,5-8,10-11,13,16,22H2,1-4H3,(H,42,46)/t31-,32+/m0/s1. The van der Waals surface area contributed by atoms with Crippen LogP contribution in [0.25, 0.3) is 11.5 Å². The molecule has 2 aromatic carbocycles. The van der Waals surface area contributed by atoms with E-state index in [-0.39, 0.29) is 41.5 Å². The van der Waals surface area contributed by atoms with Crippen LogP contribution in [-0.2, 0) is 18.4 Å². The van der Waals surface area contributed by atoms with Crippen LogP contribution in [0.1, 0.15) is 91.1 Å². The summed E-state index contributed by atoms with van der Waals surface area (Å²) in [5, 5.41) is 22.0. The maximum atomic E-state index is 14.2. The predicted octanol–water partition coefficient (Wildman–Crippen LogP) is 6.05. The normalized spacial score (nSPS) is 14.9. The Hall–Kier alpha value is -4.42. The molecule has 2 aromatic heterocycles. The molecular formula is C37H45F2N5O5. The zero-order valence-corrected chi connectivity index (χ0v) is 28.5. The topological polar surface area (TPSA) is 134 Å². The van der Waals surface area contributed by atoms with Gasteiger partial charge in [-0.1, -0.05) is 32.9 Å². The molecule has 12 heteroatoms. The van der Waals surface area contributed by atoms with Gasteiger partial charge in [0.25, 0.3) is 11.8 Å². The number of rotatable bonds is 17. The first kappa shape index (κ1) is 35.9. The van der Waals surface area contributed by atoms with Crippen molar-refractivity contribution in [2.24, 2.45) is 5.92 Å². The molecule has 262 valence electrons. The largest absolute Gasteiger partial charge is 0.445 e. The van der Waals surface area contributed by atoms with E-state index in [9.17, 15) is 23.5 Å². The third kappa shape index (κ3) is 9.18. The van der Waals surface area contributed by atoms with Gasteiger partial charge >= 0.3 is 0 Å². The molecule has 0 radical (unpaired) electrons. The summed E-state index contributed by atoms with van der Waals surface area (Å²) in [5.74, 6) is -1.02. The van der Waals surface area contributed by atoms with Crippen molar-refractivity contribution in [3.8, 4) is 11.5 Å². The van der Waals surface area contributed by atoms with Crippen LogP contribution in [0.5, 0.6) is 0 Å². The Morgan fingerprint density at radius 2 is 1.67 bits per heavy atom. The smallest absolute Gasteiger partial charge is 0.253 e. The Morgan fingerprint density at radius 1 is 0.980 bits per heavy atom. The highest BCUT2D eigenvalue weighted by Crippen LogP contribution is 2.45. The van der Waals surface area contributed by atoms with Gasteiger partial charge in [0, 0.05) is 48.5 Å². The van der Waals surface area contributed by atoms with Crippen LogP contribution in [0.2, 0.25) is 0 Å². The summed E-state index contributed by atoms with van der Waals surface area (Å²) in [6.45, 7) is 9.34. The second kappa shape index (κ2) is 15.9. The molecule has 1 fully saturated rings. The zero-order chi connectivity index (χ0) is 35.1. The molecule has 2 atom stereocenters. The van der Waals surface area contributed by atoms with E-state index >= 15 is 0 Å². The number of aliphatic hydroxyl groups excluding tert-OH is 1. The van der Waals surface area contributed by atoms with E-state index in [0.29, 0.717) is 30.3 Å². The number of nitrogens with zero attached hydrogens (tertiary/aromatic N) is 3. The van der Waals surface area contributed by atoms with E-state index in [4.69, 9.17) is 8.94 Å². The molecule has 1 aliphatic rings. The highest BCUT2D eigenvalue weighted by atomic mass is 19.1. The van der Waals surface area contributed by atoms with E-state index < -0.39 is 35.2 Å². The van der Waals surface area contributed by atoms with Gasteiger partial charge in [0.2, 0.25) is 5.89 Å². The van der Waals surface area contributed by atoms with E-state index in [2.05, 4.69) is 34.6 Å². The van der Waals surface area contributed by atoms with E-state index in [1.807, 2.05) is 19.9 Å². The molecule has 1 aliphatic carbocycles. The van der Waals surface area contributed by atoms with Crippen LogP contribution in [-0.4, -0.2) is 63.7 Å². The fraction of sp³-hybridized carbons (Fsp3) is 0.459. The monoisotopic (exact) mass is 677 g/mol. The highest BCUT2D eigenvalue weighted by Gasteiger charge is 2.48. The fourth-order valence-electron chi connectivity index (χ4n) is 6.06. The SMILES string of the molecule is CCCN(CCC)C(=O)c1cc(C(=O)N[C@@H](Cc2cc(F)cc(F)c2)[C@H](O)CNC2(c3cc(CC(C)C)no3)CC2)cc(-c2ncco2)c1. The van der Waals surface area contributed by atoms with Crippen LogP contribution in [0, 0.1) is 17.6 Å². The molecule has 49 heavy (non-hydrogen) atoms. The van der Waals surface area contributed by atoms with Crippen molar-refractivity contribution in [1.29, 1.82) is 0 Å². The van der Waals surface area contributed by atoms with Crippen molar-refractivity contribution < 1.29 is 32.4 Å². The number of benzene rings is 2. The number of hydrogen-bond donors (Lipinski definition) is 3. The van der Waals surface area contributed by atoms with Crippen molar-refractivity contribution in [2.75, 3.05) is 19.6 Å². The maximum absolute atomic E-state index is 14.2. The second-order valence-electron chi connectivity index (χ2n) is 13.3. The fourth-order valence-corrected chi connectivity index (χ4v) is 6.06. The second-order valence-corrected chi connectivity index (χ2v) is 13.3. The van der Waals surface area contributed by atoms with E-state index in [0.717, 1.165) is 43.9 Å². The Labute approximate surface area is 285 Å². The lowest BCUT2D eigenvalue weighted by molar-refractivity contribution is 0.0755. The van der Waals surface area contributed by atoms with Crippen molar-refractivity contribution >= 4 is 11.8 Å². The van der Waals surface area contributed by atoms with E-state index in [1.165, 1.54) is 30.7 Å². The first-order valence-electron chi connectivity index (χ1n) is 17.0. The number of halogens is 2. The Morgan fingerprint density at radius 3 is 2.29 bits per heavy atom. The number of carbonyl (C=O) groups excluding carboxylic acids is 2. The van der Waals surface area contributed by atoms with E-state index in [1.54, 1.807) is 17.0 Å². The number of aromatic nitrogens is 2. The van der Waals surface area contributed by atoms with Gasteiger partial charge in [0.05, 0.1) is 29.6 Å². The third-order valence-corrected chi connectivity index (χ3v) is 8.60. The quantitative estimate of drug-likeness (QED) is 0.123. The number of hydrogen-bond acceptors (Lipinski definition) is 8. The minimum absolute atomic E-state index is 0.0477. The van der Waals surface area contributed by atoms with Crippen LogP contribution in [0.15, 0.2) is 63.9 Å². The van der Waals surface area contributed by atoms with Crippen molar-refractivity contribution in [2.45, 2.75) is 83.9 Å². The minimum Gasteiger partial charge on any atom is -0.445 e. The first-order chi connectivity index (χ1) is 23.5. The molecule has 2 heterocycles. The van der Waals surface area contributed by atoms with Gasteiger partial charge in [-0.3, -0.25) is 9.59 Å². The summed E-state index contributed by atoms with van der Waals surface area (Å²) in [5.41, 5.74) is 1.48. The van der Waals surface area contributed by atoms with Crippen LogP contribution in [0.4, 0.5) is 8.78 Å². The van der Waals surface area contributed by atoms with Crippen molar-refractivity contribution in [3.63, 3.8) is 0 Å². The van der Waals surface area contributed by atoms with Gasteiger partial charge < -0.3 is 29.6 Å². The van der Waals surface area contributed by atoms with Crippen molar-refractivity contribution in [3.05, 3.63) is 94.7 Å². The Kier molecular flexibility index (Phi) is 11.6. The van der Waals surface area contributed by atoms with Gasteiger partial charge in [0.15, 0.2) is 5.76 Å². The molecule has 10 nitrogen and oxygen atoms in total. The summed E-state index contributed by atoms with van der Waals surface area (Å²) < 4.78 is 39.5. The van der Waals surface area contributed by atoms with Crippen LogP contribution >= 0.6 is 0 Å². The lowest BCUT2D eigenvalue weighted by Gasteiger charge is -2.27. The summed E-state index contributed by atoms with van der Waals surface area (Å²) >= 11 is 0. The van der Waals surface area contributed by atoms with Gasteiger partial charge in [-0.2, -0.15) is 0 Å². The average molecular weight is 678 g/mol. The summed E-state index contributed by atoms with van der Waals surface area (Å²) in [6.07, 6.45) is 5.50. The summed E-state index contributed by atoms with van der Waals surface area (Å²) in [4.78, 5) is 33.5. The van der Waals surface area contributed by atoms with Gasteiger partial charge in [-0.05, 0) is 80.3 Å². The zero-order valence-electron chi connectivity index (χ0n) is 28.5. The van der Waals surface area contributed by atoms with Gasteiger partial charge in [0.1, 0.15) is 17.9 Å². The molecule has 0 aliphatic heterocycles. The molecule has 0 spiro atoms. The molecule has 0 saturated heterocycles. The third-order valence-electron chi connectivity index (χ3n) is 8.60. The molecular weight excluding hydrogens is 632 g/mol. The lowest BCUT2D eigenvalue weighted by atomic mass is 9.98. The molecule has 0 unspecified atom stereocenters. The number of aliphatic hydroxyl groups is 1. The van der Waals surface area contributed by atoms with Crippen LogP contribution < -0.4 is 10.6 Å². The summed E-state index contributed by atoms with van der Waals surface area (Å²) in [6, 6.07) is 8.78.